The quantitative estimate of drug-likeness (QED) is 0.713. The van der Waals surface area contributed by atoms with E-state index in [1.54, 1.807) is 35.4 Å². The average molecular weight is 342 g/mol. The van der Waals surface area contributed by atoms with Crippen LogP contribution in [0.2, 0.25) is 0 Å². The molecule has 1 N–H and O–H groups in total. The van der Waals surface area contributed by atoms with Gasteiger partial charge in [0.15, 0.2) is 0 Å². The Labute approximate surface area is 141 Å². The van der Waals surface area contributed by atoms with Gasteiger partial charge in [-0.05, 0) is 11.6 Å². The molecule has 0 aliphatic rings. The molecule has 0 saturated carbocycles. The van der Waals surface area contributed by atoms with Crippen LogP contribution >= 0.6 is 0 Å². The van der Waals surface area contributed by atoms with E-state index in [4.69, 9.17) is 0 Å². The first-order valence-corrected chi connectivity index (χ1v) is 9.22. The third kappa shape index (κ3) is 4.50. The third-order valence-electron chi connectivity index (χ3n) is 3.49. The molecule has 0 fully saturated rings. The number of pyridine rings is 1. The molecule has 1 aromatic carbocycles. The molecule has 2 aromatic heterocycles. The smallest absolute Gasteiger partial charge is 0.215 e. The number of aromatic nitrogens is 3. The third-order valence-corrected chi connectivity index (χ3v) is 4.85. The van der Waals surface area contributed by atoms with Gasteiger partial charge in [0.05, 0.1) is 18.5 Å². The molecule has 2 heterocycles. The number of benzene rings is 1. The first-order valence-electron chi connectivity index (χ1n) is 7.56. The van der Waals surface area contributed by atoms with E-state index < -0.39 is 10.0 Å². The van der Waals surface area contributed by atoms with Crippen LogP contribution in [-0.2, 0) is 22.3 Å². The Morgan fingerprint density at radius 1 is 1.00 bits per heavy atom. The van der Waals surface area contributed by atoms with Crippen LogP contribution < -0.4 is 4.72 Å². The number of hydrogen-bond donors (Lipinski definition) is 1. The van der Waals surface area contributed by atoms with Gasteiger partial charge in [-0.3, -0.25) is 9.67 Å². The van der Waals surface area contributed by atoms with Crippen molar-refractivity contribution in [1.82, 2.24) is 19.5 Å². The molecule has 7 heteroatoms. The highest BCUT2D eigenvalue weighted by molar-refractivity contribution is 7.88. The molecule has 0 radical (unpaired) electrons. The monoisotopic (exact) mass is 342 g/mol. The molecular weight excluding hydrogens is 324 g/mol. The zero-order chi connectivity index (χ0) is 16.8. The highest BCUT2D eigenvalue weighted by Gasteiger charge is 2.10. The molecule has 124 valence electrons. The summed E-state index contributed by atoms with van der Waals surface area (Å²) in [4.78, 5) is 4.08. The van der Waals surface area contributed by atoms with E-state index in [0.717, 1.165) is 16.7 Å². The van der Waals surface area contributed by atoms with Crippen molar-refractivity contribution in [2.24, 2.45) is 0 Å². The summed E-state index contributed by atoms with van der Waals surface area (Å²) in [6.07, 6.45) is 7.11. The maximum absolute atomic E-state index is 12.1. The highest BCUT2D eigenvalue weighted by atomic mass is 32.2. The van der Waals surface area contributed by atoms with E-state index >= 15 is 0 Å². The Kier molecular flexibility index (Phi) is 5.02. The Morgan fingerprint density at radius 2 is 1.83 bits per heavy atom. The zero-order valence-electron chi connectivity index (χ0n) is 13.0. The lowest BCUT2D eigenvalue weighted by atomic mass is 10.2. The van der Waals surface area contributed by atoms with Gasteiger partial charge >= 0.3 is 0 Å². The topological polar surface area (TPSA) is 76.9 Å². The molecule has 0 aliphatic carbocycles. The van der Waals surface area contributed by atoms with Gasteiger partial charge in [0.2, 0.25) is 10.0 Å². The molecule has 6 nitrogen and oxygen atoms in total. The fourth-order valence-corrected chi connectivity index (χ4v) is 3.46. The first kappa shape index (κ1) is 16.4. The van der Waals surface area contributed by atoms with Crippen molar-refractivity contribution in [2.45, 2.75) is 12.3 Å². The zero-order valence-corrected chi connectivity index (χ0v) is 13.9. The Bertz CT molecular complexity index is 877. The molecule has 0 bridgehead atoms. The van der Waals surface area contributed by atoms with Gasteiger partial charge in [0, 0.05) is 36.3 Å². The second-order valence-corrected chi connectivity index (χ2v) is 7.18. The van der Waals surface area contributed by atoms with Crippen molar-refractivity contribution in [3.63, 3.8) is 0 Å². The lowest BCUT2D eigenvalue weighted by Crippen LogP contribution is -2.28. The van der Waals surface area contributed by atoms with Crippen molar-refractivity contribution < 1.29 is 8.42 Å². The van der Waals surface area contributed by atoms with Crippen LogP contribution in [0, 0.1) is 0 Å². The van der Waals surface area contributed by atoms with Gasteiger partial charge in [-0.2, -0.15) is 5.10 Å². The van der Waals surface area contributed by atoms with Crippen molar-refractivity contribution in [2.75, 3.05) is 6.54 Å². The number of sulfonamides is 1. The van der Waals surface area contributed by atoms with Crippen LogP contribution in [0.15, 0.2) is 67.3 Å². The summed E-state index contributed by atoms with van der Waals surface area (Å²) in [6, 6.07) is 12.9. The standard InChI is InChI=1S/C17H18N4O2S/c22-24(23,14-15-5-2-1-3-6-15)20-9-10-21-13-17(12-19-21)16-7-4-8-18-11-16/h1-8,11-13,20H,9-10,14H2. The van der Waals surface area contributed by atoms with Gasteiger partial charge in [-0.25, -0.2) is 13.1 Å². The van der Waals surface area contributed by atoms with Crippen molar-refractivity contribution in [3.8, 4) is 11.1 Å². The van der Waals surface area contributed by atoms with Crippen LogP contribution in [0.5, 0.6) is 0 Å². The number of nitrogens with one attached hydrogen (secondary N) is 1. The van der Waals surface area contributed by atoms with Crippen LogP contribution in [0.25, 0.3) is 11.1 Å². The fourth-order valence-electron chi connectivity index (χ4n) is 2.33. The van der Waals surface area contributed by atoms with Gasteiger partial charge in [-0.1, -0.05) is 36.4 Å². The molecule has 3 rings (SSSR count). The second-order valence-electron chi connectivity index (χ2n) is 5.37. The minimum atomic E-state index is -3.35. The normalized spacial score (nSPS) is 11.5. The van der Waals surface area contributed by atoms with Gasteiger partial charge in [-0.15, -0.1) is 0 Å². The molecule has 24 heavy (non-hydrogen) atoms. The summed E-state index contributed by atoms with van der Waals surface area (Å²) in [5, 5.41) is 4.25. The molecule has 3 aromatic rings. The average Bonchev–Trinajstić information content (AvgIpc) is 3.05. The van der Waals surface area contributed by atoms with E-state index in [1.807, 2.05) is 36.5 Å². The lowest BCUT2D eigenvalue weighted by molar-refractivity contribution is 0.560. The number of hydrogen-bond acceptors (Lipinski definition) is 4. The predicted octanol–water partition coefficient (Wildman–Crippen LogP) is 2.06. The Hall–Kier alpha value is -2.51. The molecule has 0 aliphatic heterocycles. The van der Waals surface area contributed by atoms with Gasteiger partial charge in [0.25, 0.3) is 0 Å². The van der Waals surface area contributed by atoms with Crippen LogP contribution in [-0.4, -0.2) is 29.7 Å². The first-order chi connectivity index (χ1) is 11.6. The molecule has 0 saturated heterocycles. The minimum Gasteiger partial charge on any atom is -0.271 e. The lowest BCUT2D eigenvalue weighted by Gasteiger charge is -2.07. The summed E-state index contributed by atoms with van der Waals surface area (Å²) in [6.45, 7) is 0.762. The van der Waals surface area contributed by atoms with E-state index in [2.05, 4.69) is 14.8 Å². The van der Waals surface area contributed by atoms with Crippen LogP contribution in [0.3, 0.4) is 0 Å². The van der Waals surface area contributed by atoms with Gasteiger partial charge in [0.1, 0.15) is 0 Å². The molecule has 0 spiro atoms. The van der Waals surface area contributed by atoms with Crippen LogP contribution in [0.1, 0.15) is 5.56 Å². The minimum absolute atomic E-state index is 0.0200. The molecular formula is C17H18N4O2S. The summed E-state index contributed by atoms with van der Waals surface area (Å²) >= 11 is 0. The number of nitrogens with zero attached hydrogens (tertiary/aromatic N) is 3. The maximum Gasteiger partial charge on any atom is 0.215 e. The van der Waals surface area contributed by atoms with Gasteiger partial charge < -0.3 is 0 Å². The van der Waals surface area contributed by atoms with Crippen LogP contribution in [0.4, 0.5) is 0 Å². The summed E-state index contributed by atoms with van der Waals surface area (Å²) < 4.78 is 28.5. The Morgan fingerprint density at radius 3 is 2.58 bits per heavy atom. The van der Waals surface area contributed by atoms with E-state index in [-0.39, 0.29) is 5.75 Å². The van der Waals surface area contributed by atoms with Crippen molar-refractivity contribution >= 4 is 10.0 Å². The predicted molar refractivity (Wildman–Crippen MR) is 92.5 cm³/mol. The second kappa shape index (κ2) is 7.37. The molecule has 0 atom stereocenters. The SMILES string of the molecule is O=S(=O)(Cc1ccccc1)NCCn1cc(-c2cccnc2)cn1. The van der Waals surface area contributed by atoms with E-state index in [1.165, 1.54) is 0 Å². The molecule has 0 unspecified atom stereocenters. The van der Waals surface area contributed by atoms with Crippen molar-refractivity contribution in [3.05, 3.63) is 72.8 Å². The summed E-state index contributed by atoms with van der Waals surface area (Å²) in [5.74, 6) is -0.0200. The largest absolute Gasteiger partial charge is 0.271 e. The maximum atomic E-state index is 12.1. The molecule has 0 amide bonds. The van der Waals surface area contributed by atoms with Crippen molar-refractivity contribution in [1.29, 1.82) is 0 Å². The fraction of sp³-hybridized carbons (Fsp3) is 0.176. The number of rotatable bonds is 7. The summed E-state index contributed by atoms with van der Waals surface area (Å²) in [7, 11) is -3.35. The van der Waals surface area contributed by atoms with E-state index in [9.17, 15) is 8.42 Å². The van der Waals surface area contributed by atoms with E-state index in [0.29, 0.717) is 13.1 Å². The summed E-state index contributed by atoms with van der Waals surface area (Å²) in [5.41, 5.74) is 2.70. The highest BCUT2D eigenvalue weighted by Crippen LogP contribution is 2.16. The Balaban J connectivity index is 1.54.